The molecule has 0 radical (unpaired) electrons. The van der Waals surface area contributed by atoms with Gasteiger partial charge in [0.15, 0.2) is 0 Å². The number of hydrogen-bond acceptors (Lipinski definition) is 6. The molecule has 0 saturated heterocycles. The van der Waals surface area contributed by atoms with E-state index in [1.807, 2.05) is 13.8 Å². The smallest absolute Gasteiger partial charge is 0.354 e. The molecule has 0 aliphatic heterocycles. The normalized spacial score (nSPS) is 9.48. The van der Waals surface area contributed by atoms with Crippen LogP contribution in [-0.4, -0.2) is 38.0 Å². The van der Waals surface area contributed by atoms with Crippen molar-refractivity contribution in [2.45, 2.75) is 34.6 Å². The molecule has 0 aromatic carbocycles. The van der Waals surface area contributed by atoms with Gasteiger partial charge in [-0.15, -0.1) is 0 Å². The number of nitrogens with one attached hydrogen (secondary N) is 2. The van der Waals surface area contributed by atoms with Crippen LogP contribution in [0.1, 0.15) is 34.6 Å². The molecule has 0 spiro atoms. The van der Waals surface area contributed by atoms with Crippen molar-refractivity contribution in [3.8, 4) is 0 Å². The van der Waals surface area contributed by atoms with Gasteiger partial charge in [0.2, 0.25) is 11.8 Å². The van der Waals surface area contributed by atoms with Crippen LogP contribution in [0.15, 0.2) is 36.2 Å². The molecule has 0 fully saturated rings. The molecule has 0 aliphatic rings. The second-order valence-electron chi connectivity index (χ2n) is 3.93. The number of amides is 2. The average Bonchev–Trinajstić information content (AvgIpc) is 2.58. The van der Waals surface area contributed by atoms with Crippen LogP contribution in [0.3, 0.4) is 0 Å². The van der Waals surface area contributed by atoms with Crippen molar-refractivity contribution >= 4 is 23.8 Å². The molecule has 0 aromatic heterocycles. The number of rotatable bonds is 5. The van der Waals surface area contributed by atoms with Crippen molar-refractivity contribution in [2.24, 2.45) is 0 Å². The predicted molar refractivity (Wildman–Crippen MR) is 95.1 cm³/mol. The molecule has 0 saturated carbocycles. The number of carbonyl (C=O) groups excluding carboxylic acids is 4. The van der Waals surface area contributed by atoms with Crippen molar-refractivity contribution in [1.82, 2.24) is 10.6 Å². The summed E-state index contributed by atoms with van der Waals surface area (Å²) in [4.78, 5) is 42.5. The van der Waals surface area contributed by atoms with Crippen LogP contribution in [0.4, 0.5) is 0 Å². The molecule has 8 heteroatoms. The minimum absolute atomic E-state index is 0.0463. The lowest BCUT2D eigenvalue weighted by Crippen LogP contribution is -2.25. The summed E-state index contributed by atoms with van der Waals surface area (Å²) in [5.41, 5.74) is 0.0862. The fourth-order valence-corrected chi connectivity index (χ4v) is 1.04. The van der Waals surface area contributed by atoms with Crippen molar-refractivity contribution in [3.63, 3.8) is 0 Å². The van der Waals surface area contributed by atoms with E-state index in [0.717, 1.165) is 0 Å². The van der Waals surface area contributed by atoms with Gasteiger partial charge in [-0.25, -0.2) is 9.59 Å². The summed E-state index contributed by atoms with van der Waals surface area (Å²) in [6.07, 6.45) is 4.86. The molecule has 2 N–H and O–H groups in total. The van der Waals surface area contributed by atoms with Crippen LogP contribution >= 0.6 is 0 Å². The molecular formula is C17H28N2O6. The molecule has 0 unspecified atom stereocenters. The second kappa shape index (κ2) is 17.5. The maximum Gasteiger partial charge on any atom is 0.354 e. The Balaban J connectivity index is -0.000000362. The number of hydrogen-bond donors (Lipinski definition) is 2. The molecule has 8 nitrogen and oxygen atoms in total. The topological polar surface area (TPSA) is 111 Å². The molecule has 0 aliphatic carbocycles. The zero-order valence-electron chi connectivity index (χ0n) is 15.9. The maximum absolute atomic E-state index is 11.0. The average molecular weight is 356 g/mol. The van der Waals surface area contributed by atoms with Crippen LogP contribution in [0.25, 0.3) is 0 Å². The summed E-state index contributed by atoms with van der Waals surface area (Å²) in [5.74, 6) is -1.83. The first kappa shape index (κ1) is 27.0. The van der Waals surface area contributed by atoms with Crippen molar-refractivity contribution in [2.75, 3.05) is 14.2 Å². The van der Waals surface area contributed by atoms with Gasteiger partial charge in [0.25, 0.3) is 0 Å². The van der Waals surface area contributed by atoms with Crippen LogP contribution in [0, 0.1) is 0 Å². The molecule has 0 bridgehead atoms. The Morgan fingerprint density at radius 1 is 0.880 bits per heavy atom. The predicted octanol–water partition coefficient (Wildman–Crippen LogP) is 1.59. The van der Waals surface area contributed by atoms with Crippen LogP contribution in [-0.2, 0) is 28.7 Å². The Morgan fingerprint density at radius 2 is 1.32 bits per heavy atom. The Bertz CT molecular complexity index is 521. The summed E-state index contributed by atoms with van der Waals surface area (Å²) in [5, 5.41) is 4.55. The van der Waals surface area contributed by atoms with E-state index in [1.165, 1.54) is 34.1 Å². The van der Waals surface area contributed by atoms with E-state index in [2.05, 4.69) is 26.7 Å². The molecule has 0 rings (SSSR count). The number of esters is 2. The van der Waals surface area contributed by atoms with Crippen molar-refractivity contribution in [3.05, 3.63) is 36.2 Å². The Hall–Kier alpha value is -2.90. The fraction of sp³-hybridized carbons (Fsp3) is 0.412. The number of carbonyl (C=O) groups is 4. The molecule has 142 valence electrons. The maximum atomic E-state index is 11.0. The summed E-state index contributed by atoms with van der Waals surface area (Å²) in [7, 11) is 2.48. The Morgan fingerprint density at radius 3 is 1.64 bits per heavy atom. The van der Waals surface area contributed by atoms with Crippen LogP contribution in [0.5, 0.6) is 0 Å². The largest absolute Gasteiger partial charge is 0.464 e. The van der Waals surface area contributed by atoms with Gasteiger partial charge in [0, 0.05) is 13.8 Å². The molecule has 2 amide bonds. The highest BCUT2D eigenvalue weighted by Crippen LogP contribution is 1.93. The molecule has 0 atom stereocenters. The summed E-state index contributed by atoms with van der Waals surface area (Å²) in [6.45, 7) is 11.7. The molecule has 25 heavy (non-hydrogen) atoms. The summed E-state index contributed by atoms with van der Waals surface area (Å²) >= 11 is 0. The number of allylic oxidation sites excluding steroid dienone is 3. The zero-order chi connectivity index (χ0) is 20.4. The number of methoxy groups -OCH3 is 2. The summed E-state index contributed by atoms with van der Waals surface area (Å²) in [6, 6.07) is 0. The van der Waals surface area contributed by atoms with Gasteiger partial charge in [-0.05, 0) is 13.0 Å². The van der Waals surface area contributed by atoms with Gasteiger partial charge >= 0.3 is 11.9 Å². The zero-order valence-corrected chi connectivity index (χ0v) is 15.9. The minimum atomic E-state index is -0.629. The van der Waals surface area contributed by atoms with E-state index in [-0.39, 0.29) is 23.2 Å². The quantitative estimate of drug-likeness (QED) is 0.440. The highest BCUT2D eigenvalue weighted by molar-refractivity contribution is 5.93. The first-order chi connectivity index (χ1) is 11.7. The third-order valence-electron chi connectivity index (χ3n) is 1.93. The molecule has 0 heterocycles. The molecular weight excluding hydrogens is 328 g/mol. The SMILES string of the molecule is C/C=C/C=C(\NC(C)=O)C(=O)OC.C=C(NC(C)=O)C(=O)OC.CC. The minimum Gasteiger partial charge on any atom is -0.464 e. The fourth-order valence-electron chi connectivity index (χ4n) is 1.04. The monoisotopic (exact) mass is 356 g/mol. The van der Waals surface area contributed by atoms with E-state index in [1.54, 1.807) is 19.1 Å². The van der Waals surface area contributed by atoms with E-state index < -0.39 is 11.9 Å². The lowest BCUT2D eigenvalue weighted by molar-refractivity contribution is -0.138. The first-order valence-electron chi connectivity index (χ1n) is 7.43. The van der Waals surface area contributed by atoms with Crippen LogP contribution in [0.2, 0.25) is 0 Å². The van der Waals surface area contributed by atoms with E-state index >= 15 is 0 Å². The van der Waals surface area contributed by atoms with Gasteiger partial charge in [-0.3, -0.25) is 9.59 Å². The third kappa shape index (κ3) is 17.3. The standard InChI is InChI=1S/C9H13NO3.C6H9NO3.C2H6/c1-4-5-6-8(9(12)13-3)10-7(2)11;1-4(6(9)10-3)7-5(2)8;1-2/h4-6H,1-3H3,(H,10,11);1H2,2-3H3,(H,7,8);1-2H3/b5-4+,8-6-;;. The van der Waals surface area contributed by atoms with Gasteiger partial charge in [-0.1, -0.05) is 32.6 Å². The Kier molecular flexibility index (Phi) is 18.8. The number of ether oxygens (including phenoxy) is 2. The van der Waals surface area contributed by atoms with Gasteiger partial charge in [-0.2, -0.15) is 0 Å². The molecule has 0 aromatic rings. The van der Waals surface area contributed by atoms with Crippen molar-refractivity contribution in [1.29, 1.82) is 0 Å². The highest BCUT2D eigenvalue weighted by Gasteiger charge is 2.09. The van der Waals surface area contributed by atoms with Crippen molar-refractivity contribution < 1.29 is 28.7 Å². The van der Waals surface area contributed by atoms with E-state index in [0.29, 0.717) is 0 Å². The van der Waals surface area contributed by atoms with Crippen LogP contribution < -0.4 is 10.6 Å². The third-order valence-corrected chi connectivity index (χ3v) is 1.93. The second-order valence-corrected chi connectivity index (χ2v) is 3.93. The van der Waals surface area contributed by atoms with Gasteiger partial charge in [0.05, 0.1) is 14.2 Å². The van der Waals surface area contributed by atoms with Gasteiger partial charge in [0.1, 0.15) is 11.4 Å². The van der Waals surface area contributed by atoms with E-state index in [9.17, 15) is 19.2 Å². The van der Waals surface area contributed by atoms with E-state index in [4.69, 9.17) is 0 Å². The Labute approximate surface area is 148 Å². The first-order valence-corrected chi connectivity index (χ1v) is 7.43. The lowest BCUT2D eigenvalue weighted by atomic mass is 10.3. The highest BCUT2D eigenvalue weighted by atomic mass is 16.5. The van der Waals surface area contributed by atoms with Gasteiger partial charge < -0.3 is 20.1 Å². The summed E-state index contributed by atoms with van der Waals surface area (Å²) < 4.78 is 8.71. The lowest BCUT2D eigenvalue weighted by Gasteiger charge is -2.03.